The Bertz CT molecular complexity index is 365. The summed E-state index contributed by atoms with van der Waals surface area (Å²) < 4.78 is 5.29. The second kappa shape index (κ2) is 3.98. The highest BCUT2D eigenvalue weighted by molar-refractivity contribution is 6.30. The predicted molar refractivity (Wildman–Crippen MR) is 56.6 cm³/mol. The molecule has 1 aliphatic rings. The number of aliphatic imine (C=N–C) groups is 1. The molecule has 1 aromatic rings. The van der Waals surface area contributed by atoms with Gasteiger partial charge >= 0.3 is 0 Å². The van der Waals surface area contributed by atoms with Crippen molar-refractivity contribution in [2.75, 3.05) is 13.2 Å². The second-order valence-corrected chi connectivity index (χ2v) is 3.55. The summed E-state index contributed by atoms with van der Waals surface area (Å²) in [6.45, 7) is 0.921. The molecule has 0 radical (unpaired) electrons. The minimum Gasteiger partial charge on any atom is -0.477 e. The SMILES string of the molecule is NCC1=NC(c2cccc(Cl)c2)CO1. The van der Waals surface area contributed by atoms with Gasteiger partial charge in [-0.25, -0.2) is 4.99 Å². The van der Waals surface area contributed by atoms with E-state index in [0.29, 0.717) is 19.0 Å². The molecule has 3 nitrogen and oxygen atoms in total. The first kappa shape index (κ1) is 9.49. The fourth-order valence-corrected chi connectivity index (χ4v) is 1.62. The molecule has 1 atom stereocenters. The molecule has 0 spiro atoms. The van der Waals surface area contributed by atoms with E-state index in [9.17, 15) is 0 Å². The minimum absolute atomic E-state index is 0.0484. The van der Waals surface area contributed by atoms with E-state index in [1.807, 2.05) is 24.3 Å². The van der Waals surface area contributed by atoms with E-state index in [1.165, 1.54) is 0 Å². The Kier molecular flexibility index (Phi) is 2.70. The number of ether oxygens (including phenoxy) is 1. The summed E-state index contributed by atoms with van der Waals surface area (Å²) in [6, 6.07) is 7.69. The van der Waals surface area contributed by atoms with Crippen LogP contribution in [0.1, 0.15) is 11.6 Å². The number of benzene rings is 1. The van der Waals surface area contributed by atoms with Crippen molar-refractivity contribution in [3.63, 3.8) is 0 Å². The monoisotopic (exact) mass is 210 g/mol. The molecule has 2 N–H and O–H groups in total. The van der Waals surface area contributed by atoms with Crippen LogP contribution in [0, 0.1) is 0 Å². The molecule has 0 saturated carbocycles. The van der Waals surface area contributed by atoms with E-state index in [0.717, 1.165) is 10.6 Å². The third kappa shape index (κ3) is 1.89. The van der Waals surface area contributed by atoms with Gasteiger partial charge in [-0.05, 0) is 17.7 Å². The molecule has 1 heterocycles. The summed E-state index contributed by atoms with van der Waals surface area (Å²) in [7, 11) is 0. The first-order valence-corrected chi connectivity index (χ1v) is 4.82. The lowest BCUT2D eigenvalue weighted by Crippen LogP contribution is -2.13. The molecule has 0 aliphatic carbocycles. The molecule has 0 amide bonds. The quantitative estimate of drug-likeness (QED) is 0.809. The molecular weight excluding hydrogens is 200 g/mol. The van der Waals surface area contributed by atoms with E-state index < -0.39 is 0 Å². The summed E-state index contributed by atoms with van der Waals surface area (Å²) in [5.74, 6) is 0.620. The van der Waals surface area contributed by atoms with Crippen LogP contribution in [0.25, 0.3) is 0 Å². The van der Waals surface area contributed by atoms with Crippen molar-refractivity contribution in [1.82, 2.24) is 0 Å². The first-order valence-electron chi connectivity index (χ1n) is 4.44. The standard InChI is InChI=1S/C10H11ClN2O/c11-8-3-1-2-7(4-8)9-6-14-10(5-12)13-9/h1-4,9H,5-6,12H2. The number of hydrogen-bond acceptors (Lipinski definition) is 3. The van der Waals surface area contributed by atoms with Gasteiger partial charge < -0.3 is 10.5 Å². The molecule has 1 aliphatic heterocycles. The van der Waals surface area contributed by atoms with Gasteiger partial charge in [0, 0.05) is 5.02 Å². The lowest BCUT2D eigenvalue weighted by atomic mass is 10.1. The third-order valence-corrected chi connectivity index (χ3v) is 2.35. The van der Waals surface area contributed by atoms with Crippen molar-refractivity contribution < 1.29 is 4.74 Å². The van der Waals surface area contributed by atoms with Gasteiger partial charge in [-0.1, -0.05) is 23.7 Å². The molecule has 74 valence electrons. The van der Waals surface area contributed by atoms with E-state index in [4.69, 9.17) is 22.1 Å². The normalized spacial score (nSPS) is 20.4. The zero-order valence-electron chi connectivity index (χ0n) is 7.61. The van der Waals surface area contributed by atoms with Gasteiger partial charge in [-0.2, -0.15) is 0 Å². The fourth-order valence-electron chi connectivity index (χ4n) is 1.42. The smallest absolute Gasteiger partial charge is 0.198 e. The molecule has 1 aromatic carbocycles. The number of rotatable bonds is 2. The van der Waals surface area contributed by atoms with Crippen LogP contribution >= 0.6 is 11.6 Å². The number of nitrogens with zero attached hydrogens (tertiary/aromatic N) is 1. The average molecular weight is 211 g/mol. The molecule has 0 saturated heterocycles. The first-order chi connectivity index (χ1) is 6.79. The van der Waals surface area contributed by atoms with E-state index in [-0.39, 0.29) is 6.04 Å². The van der Waals surface area contributed by atoms with Crippen molar-refractivity contribution >= 4 is 17.5 Å². The van der Waals surface area contributed by atoms with Crippen molar-refractivity contribution in [2.24, 2.45) is 10.7 Å². The summed E-state index contributed by atoms with van der Waals surface area (Å²) in [5, 5.41) is 0.721. The topological polar surface area (TPSA) is 47.6 Å². The van der Waals surface area contributed by atoms with E-state index >= 15 is 0 Å². The third-order valence-electron chi connectivity index (χ3n) is 2.12. The van der Waals surface area contributed by atoms with Crippen LogP contribution in [-0.2, 0) is 4.74 Å². The Morgan fingerprint density at radius 2 is 2.43 bits per heavy atom. The van der Waals surface area contributed by atoms with Crippen molar-refractivity contribution in [3.8, 4) is 0 Å². The van der Waals surface area contributed by atoms with Gasteiger partial charge in [-0.15, -0.1) is 0 Å². The average Bonchev–Trinajstić information content (AvgIpc) is 2.66. The number of halogens is 1. The molecule has 14 heavy (non-hydrogen) atoms. The van der Waals surface area contributed by atoms with Crippen molar-refractivity contribution in [1.29, 1.82) is 0 Å². The molecule has 0 aromatic heterocycles. The van der Waals surface area contributed by atoms with Gasteiger partial charge in [0.05, 0.1) is 6.54 Å². The molecule has 0 fully saturated rings. The van der Waals surface area contributed by atoms with E-state index in [1.54, 1.807) is 0 Å². The molecule has 0 bridgehead atoms. The highest BCUT2D eigenvalue weighted by Crippen LogP contribution is 2.24. The van der Waals surface area contributed by atoms with Crippen LogP contribution in [0.2, 0.25) is 5.02 Å². The summed E-state index contributed by atoms with van der Waals surface area (Å²) >= 11 is 5.88. The maximum absolute atomic E-state index is 5.88. The van der Waals surface area contributed by atoms with Crippen LogP contribution < -0.4 is 5.73 Å². The lowest BCUT2D eigenvalue weighted by Gasteiger charge is -2.04. The van der Waals surface area contributed by atoms with Crippen molar-refractivity contribution in [3.05, 3.63) is 34.9 Å². The van der Waals surface area contributed by atoms with Crippen molar-refractivity contribution in [2.45, 2.75) is 6.04 Å². The Labute approximate surface area is 87.5 Å². The van der Waals surface area contributed by atoms with Crippen LogP contribution in [0.15, 0.2) is 29.3 Å². The Morgan fingerprint density at radius 3 is 3.07 bits per heavy atom. The van der Waals surface area contributed by atoms with Gasteiger partial charge in [0.2, 0.25) is 0 Å². The number of hydrogen-bond donors (Lipinski definition) is 1. The van der Waals surface area contributed by atoms with Gasteiger partial charge in [0.15, 0.2) is 5.90 Å². The maximum Gasteiger partial charge on any atom is 0.198 e. The highest BCUT2D eigenvalue weighted by atomic mass is 35.5. The Balaban J connectivity index is 2.21. The lowest BCUT2D eigenvalue weighted by molar-refractivity contribution is 0.315. The predicted octanol–water partition coefficient (Wildman–Crippen LogP) is 1.77. The van der Waals surface area contributed by atoms with Gasteiger partial charge in [0.1, 0.15) is 12.6 Å². The van der Waals surface area contributed by atoms with E-state index in [2.05, 4.69) is 4.99 Å². The summed E-state index contributed by atoms with van der Waals surface area (Å²) in [4.78, 5) is 4.33. The maximum atomic E-state index is 5.88. The molecular formula is C10H11ClN2O. The number of nitrogens with two attached hydrogens (primary N) is 1. The molecule has 4 heteroatoms. The zero-order chi connectivity index (χ0) is 9.97. The minimum atomic E-state index is 0.0484. The molecule has 2 rings (SSSR count). The fraction of sp³-hybridized carbons (Fsp3) is 0.300. The Hall–Kier alpha value is -1.06. The molecule has 1 unspecified atom stereocenters. The highest BCUT2D eigenvalue weighted by Gasteiger charge is 2.19. The van der Waals surface area contributed by atoms with Crippen LogP contribution in [0.4, 0.5) is 0 Å². The Morgan fingerprint density at radius 1 is 1.57 bits per heavy atom. The van der Waals surface area contributed by atoms with Crippen LogP contribution in [-0.4, -0.2) is 19.0 Å². The summed E-state index contributed by atoms with van der Waals surface area (Å²) in [5.41, 5.74) is 6.49. The zero-order valence-corrected chi connectivity index (χ0v) is 8.37. The second-order valence-electron chi connectivity index (χ2n) is 3.11. The van der Waals surface area contributed by atoms with Crippen LogP contribution in [0.3, 0.4) is 0 Å². The van der Waals surface area contributed by atoms with Gasteiger partial charge in [0.25, 0.3) is 0 Å². The van der Waals surface area contributed by atoms with Crippen LogP contribution in [0.5, 0.6) is 0 Å². The summed E-state index contributed by atoms with van der Waals surface area (Å²) in [6.07, 6.45) is 0. The van der Waals surface area contributed by atoms with Gasteiger partial charge in [-0.3, -0.25) is 0 Å². The largest absolute Gasteiger partial charge is 0.477 e.